The van der Waals surface area contributed by atoms with Crippen LogP contribution in [-0.2, 0) is 0 Å². The number of H-pyrrole nitrogens is 1. The molecule has 1 aromatic heterocycles. The molecule has 0 spiro atoms. The number of benzene rings is 1. The van der Waals surface area contributed by atoms with Gasteiger partial charge in [0.25, 0.3) is 0 Å². The molecule has 20 heavy (non-hydrogen) atoms. The Balaban J connectivity index is 2.53. The van der Waals surface area contributed by atoms with E-state index >= 15 is 0 Å². The molecule has 1 N–H and O–H groups in total. The lowest BCUT2D eigenvalue weighted by Crippen LogP contribution is -2.25. The summed E-state index contributed by atoms with van der Waals surface area (Å²) in [5.41, 5.74) is 1.74. The molecule has 1 atom stereocenters. The van der Waals surface area contributed by atoms with Crippen molar-refractivity contribution in [2.75, 3.05) is 20.6 Å². The smallest absolute Gasteiger partial charge is 0.178 e. The molecular weight excluding hydrogens is 273 g/mol. The lowest BCUT2D eigenvalue weighted by molar-refractivity contribution is 0.291. The second-order valence-corrected chi connectivity index (χ2v) is 6.39. The van der Waals surface area contributed by atoms with Crippen molar-refractivity contribution in [3.05, 3.63) is 28.8 Å². The van der Waals surface area contributed by atoms with Crippen molar-refractivity contribution in [2.45, 2.75) is 26.3 Å². The zero-order valence-corrected chi connectivity index (χ0v) is 13.3. The minimum atomic E-state index is -0.228. The minimum absolute atomic E-state index is 0.228. The van der Waals surface area contributed by atoms with Gasteiger partial charge >= 0.3 is 0 Å². The Hall–Kier alpha value is -1.20. The average molecular weight is 295 g/mol. The molecule has 0 fully saturated rings. The van der Waals surface area contributed by atoms with E-state index in [1.807, 2.05) is 14.1 Å². The van der Waals surface area contributed by atoms with Crippen molar-refractivity contribution >= 4 is 23.3 Å². The summed E-state index contributed by atoms with van der Waals surface area (Å²) in [6.45, 7) is 5.28. The molecule has 0 aliphatic heterocycles. The number of halogens is 1. The number of likely N-dealkylation sites (N-methyl/N-ethyl adjacent to an activating group) is 1. The Kier molecular flexibility index (Phi) is 4.60. The fourth-order valence-electron chi connectivity index (χ4n) is 2.68. The first-order valence-corrected chi connectivity index (χ1v) is 7.33. The zero-order valence-electron chi connectivity index (χ0n) is 12.5. The molecular formula is C15H22FN3S. The molecule has 0 saturated carbocycles. The predicted molar refractivity (Wildman–Crippen MR) is 84.1 cm³/mol. The van der Waals surface area contributed by atoms with Crippen LogP contribution in [0, 0.1) is 16.5 Å². The molecule has 0 radical (unpaired) electrons. The van der Waals surface area contributed by atoms with Gasteiger partial charge in [0.2, 0.25) is 0 Å². The second kappa shape index (κ2) is 6.06. The quantitative estimate of drug-likeness (QED) is 0.843. The first-order chi connectivity index (χ1) is 9.38. The van der Waals surface area contributed by atoms with E-state index in [9.17, 15) is 4.39 Å². The third kappa shape index (κ3) is 3.27. The van der Waals surface area contributed by atoms with Gasteiger partial charge < -0.3 is 14.5 Å². The number of rotatable bonds is 5. The highest BCUT2D eigenvalue weighted by atomic mass is 32.1. The third-order valence-electron chi connectivity index (χ3n) is 3.36. The number of nitrogens with one attached hydrogen (secondary N) is 1. The first-order valence-electron chi connectivity index (χ1n) is 6.93. The van der Waals surface area contributed by atoms with Crippen LogP contribution >= 0.6 is 12.2 Å². The Morgan fingerprint density at radius 2 is 2.05 bits per heavy atom. The summed E-state index contributed by atoms with van der Waals surface area (Å²) in [6, 6.07) is 5.01. The van der Waals surface area contributed by atoms with Gasteiger partial charge in [-0.15, -0.1) is 0 Å². The molecule has 3 nitrogen and oxygen atoms in total. The van der Waals surface area contributed by atoms with Crippen LogP contribution in [0.4, 0.5) is 4.39 Å². The number of nitrogens with zero attached hydrogens (tertiary/aromatic N) is 2. The Morgan fingerprint density at radius 3 is 2.65 bits per heavy atom. The standard InChI is InChI=1S/C15H22FN3S/c1-10(2)7-12(9-18(3)4)19-14-8-11(16)5-6-13(14)17-15(19)20/h5-6,8,10,12H,7,9H2,1-4H3,(H,17,20). The van der Waals surface area contributed by atoms with Crippen LogP contribution in [0.1, 0.15) is 26.3 Å². The number of aromatic amines is 1. The number of imidazole rings is 1. The van der Waals surface area contributed by atoms with Gasteiger partial charge in [0.05, 0.1) is 11.0 Å². The molecule has 0 aliphatic rings. The van der Waals surface area contributed by atoms with Crippen molar-refractivity contribution in [1.29, 1.82) is 0 Å². The largest absolute Gasteiger partial charge is 0.331 e. The molecule has 0 bridgehead atoms. The highest BCUT2D eigenvalue weighted by Crippen LogP contribution is 2.25. The molecule has 2 aromatic rings. The van der Waals surface area contributed by atoms with Crippen LogP contribution in [0.2, 0.25) is 0 Å². The highest BCUT2D eigenvalue weighted by Gasteiger charge is 2.18. The van der Waals surface area contributed by atoms with E-state index in [1.54, 1.807) is 12.1 Å². The van der Waals surface area contributed by atoms with E-state index in [2.05, 4.69) is 28.3 Å². The summed E-state index contributed by atoms with van der Waals surface area (Å²) in [5.74, 6) is 0.328. The number of hydrogen-bond acceptors (Lipinski definition) is 2. The number of fused-ring (bicyclic) bond motifs is 1. The molecule has 0 aliphatic carbocycles. The summed E-state index contributed by atoms with van der Waals surface area (Å²) < 4.78 is 16.3. The molecule has 2 rings (SSSR count). The van der Waals surface area contributed by atoms with E-state index in [4.69, 9.17) is 12.2 Å². The molecule has 0 saturated heterocycles. The fraction of sp³-hybridized carbons (Fsp3) is 0.533. The first kappa shape index (κ1) is 15.2. The van der Waals surface area contributed by atoms with Crippen molar-refractivity contribution in [3.63, 3.8) is 0 Å². The number of aromatic nitrogens is 2. The van der Waals surface area contributed by atoms with Crippen molar-refractivity contribution in [2.24, 2.45) is 5.92 Å². The van der Waals surface area contributed by atoms with Gasteiger partial charge in [-0.05, 0) is 56.9 Å². The Labute approximate surface area is 124 Å². The van der Waals surface area contributed by atoms with Crippen LogP contribution in [-0.4, -0.2) is 35.1 Å². The fourth-order valence-corrected chi connectivity index (χ4v) is 3.04. The molecule has 0 amide bonds. The van der Waals surface area contributed by atoms with E-state index in [0.29, 0.717) is 10.7 Å². The van der Waals surface area contributed by atoms with Crippen molar-refractivity contribution < 1.29 is 4.39 Å². The van der Waals surface area contributed by atoms with Crippen LogP contribution in [0.3, 0.4) is 0 Å². The van der Waals surface area contributed by atoms with Gasteiger partial charge in [-0.3, -0.25) is 0 Å². The van der Waals surface area contributed by atoms with Crippen LogP contribution in [0.25, 0.3) is 11.0 Å². The predicted octanol–water partition coefficient (Wildman–Crippen LogP) is 3.99. The third-order valence-corrected chi connectivity index (χ3v) is 3.66. The molecule has 110 valence electrons. The van der Waals surface area contributed by atoms with Gasteiger partial charge in [0, 0.05) is 12.6 Å². The maximum Gasteiger partial charge on any atom is 0.178 e. The second-order valence-electron chi connectivity index (χ2n) is 6.01. The minimum Gasteiger partial charge on any atom is -0.331 e. The molecule has 5 heteroatoms. The monoisotopic (exact) mass is 295 g/mol. The normalized spacial score (nSPS) is 13.6. The van der Waals surface area contributed by atoms with Crippen LogP contribution < -0.4 is 0 Å². The van der Waals surface area contributed by atoms with E-state index in [0.717, 1.165) is 24.0 Å². The topological polar surface area (TPSA) is 24.0 Å². The average Bonchev–Trinajstić information content (AvgIpc) is 2.62. The Morgan fingerprint density at radius 1 is 1.35 bits per heavy atom. The van der Waals surface area contributed by atoms with Crippen molar-refractivity contribution in [1.82, 2.24) is 14.5 Å². The van der Waals surface area contributed by atoms with Gasteiger partial charge in [0.15, 0.2) is 4.77 Å². The molecule has 1 unspecified atom stereocenters. The summed E-state index contributed by atoms with van der Waals surface area (Å²) in [5, 5.41) is 0. The maximum atomic E-state index is 13.5. The lowest BCUT2D eigenvalue weighted by Gasteiger charge is -2.24. The Bertz CT molecular complexity index is 632. The SMILES string of the molecule is CC(C)CC(CN(C)C)n1c(=S)[nH]c2ccc(F)cc21. The van der Waals surface area contributed by atoms with Gasteiger partial charge in [-0.2, -0.15) is 0 Å². The van der Waals surface area contributed by atoms with E-state index < -0.39 is 0 Å². The summed E-state index contributed by atoms with van der Waals surface area (Å²) in [4.78, 5) is 5.32. The maximum absolute atomic E-state index is 13.5. The van der Waals surface area contributed by atoms with Gasteiger partial charge in [0.1, 0.15) is 5.82 Å². The summed E-state index contributed by atoms with van der Waals surface area (Å²) in [6.07, 6.45) is 1.01. The van der Waals surface area contributed by atoms with Crippen LogP contribution in [0.15, 0.2) is 18.2 Å². The van der Waals surface area contributed by atoms with Crippen LogP contribution in [0.5, 0.6) is 0 Å². The van der Waals surface area contributed by atoms with Crippen molar-refractivity contribution in [3.8, 4) is 0 Å². The molecule has 1 heterocycles. The molecule has 1 aromatic carbocycles. The van der Waals surface area contributed by atoms with Gasteiger partial charge in [-0.1, -0.05) is 13.8 Å². The summed E-state index contributed by atoms with van der Waals surface area (Å²) in [7, 11) is 4.10. The van der Waals surface area contributed by atoms with E-state index in [-0.39, 0.29) is 11.9 Å². The van der Waals surface area contributed by atoms with Gasteiger partial charge in [-0.25, -0.2) is 4.39 Å². The summed E-state index contributed by atoms with van der Waals surface area (Å²) >= 11 is 5.44. The highest BCUT2D eigenvalue weighted by molar-refractivity contribution is 7.71. The zero-order chi connectivity index (χ0) is 14.9. The lowest BCUT2D eigenvalue weighted by atomic mass is 10.0. The van der Waals surface area contributed by atoms with E-state index in [1.165, 1.54) is 6.07 Å². The number of hydrogen-bond donors (Lipinski definition) is 1.